The van der Waals surface area contributed by atoms with Crippen LogP contribution in [-0.2, 0) is 13.0 Å². The highest BCUT2D eigenvalue weighted by molar-refractivity contribution is 7.18. The van der Waals surface area contributed by atoms with Crippen molar-refractivity contribution in [2.75, 3.05) is 0 Å². The van der Waals surface area contributed by atoms with Crippen LogP contribution in [-0.4, -0.2) is 9.97 Å². The Balaban J connectivity index is 1.99. The van der Waals surface area contributed by atoms with Gasteiger partial charge in [-0.3, -0.25) is 0 Å². The van der Waals surface area contributed by atoms with Crippen LogP contribution in [0.4, 0.5) is 0 Å². The highest BCUT2D eigenvalue weighted by Crippen LogP contribution is 2.32. The highest BCUT2D eigenvalue weighted by atomic mass is 32.1. The number of ether oxygens (including phenoxy) is 1. The second-order valence-corrected chi connectivity index (χ2v) is 5.53. The van der Waals surface area contributed by atoms with Crippen LogP contribution in [0.3, 0.4) is 0 Å². The number of nitrogens with zero attached hydrogens (tertiary/aromatic N) is 2. The average molecular weight is 285 g/mol. The van der Waals surface area contributed by atoms with E-state index in [1.807, 2.05) is 24.3 Å². The third-order valence-electron chi connectivity index (χ3n) is 3.04. The van der Waals surface area contributed by atoms with Gasteiger partial charge in [0.05, 0.1) is 5.39 Å². The zero-order chi connectivity index (χ0) is 13.9. The van der Waals surface area contributed by atoms with Gasteiger partial charge >= 0.3 is 0 Å². The number of fused-ring (bicyclic) bond motifs is 1. The van der Waals surface area contributed by atoms with E-state index >= 15 is 0 Å². The Kier molecular flexibility index (Phi) is 3.62. The Morgan fingerprint density at radius 3 is 2.95 bits per heavy atom. The van der Waals surface area contributed by atoms with Crippen molar-refractivity contribution in [3.8, 4) is 11.6 Å². The maximum absolute atomic E-state index is 5.89. The molecular weight excluding hydrogens is 270 g/mol. The number of hydrogen-bond donors (Lipinski definition) is 1. The second kappa shape index (κ2) is 5.56. The lowest BCUT2D eigenvalue weighted by molar-refractivity contribution is 0.467. The number of thiophene rings is 1. The van der Waals surface area contributed by atoms with Gasteiger partial charge in [-0.05, 0) is 30.2 Å². The molecule has 0 radical (unpaired) electrons. The van der Waals surface area contributed by atoms with Gasteiger partial charge in [-0.15, -0.1) is 11.3 Å². The number of aryl methyl sites for hydroxylation is 1. The van der Waals surface area contributed by atoms with Crippen LogP contribution in [0.1, 0.15) is 17.4 Å². The fourth-order valence-corrected chi connectivity index (χ4v) is 2.91. The van der Waals surface area contributed by atoms with E-state index in [-0.39, 0.29) is 0 Å². The molecule has 3 rings (SSSR count). The third kappa shape index (κ3) is 2.50. The van der Waals surface area contributed by atoms with Gasteiger partial charge in [0.1, 0.15) is 16.9 Å². The predicted octanol–water partition coefficient (Wildman–Crippen LogP) is 3.50. The molecular formula is C15H15N3OS. The largest absolute Gasteiger partial charge is 0.438 e. The Bertz CT molecular complexity index is 739. The molecule has 2 heterocycles. The lowest BCUT2D eigenvalue weighted by Crippen LogP contribution is -1.96. The zero-order valence-corrected chi connectivity index (χ0v) is 12.0. The molecule has 0 fully saturated rings. The van der Waals surface area contributed by atoms with Crippen LogP contribution in [0.2, 0.25) is 0 Å². The lowest BCUT2D eigenvalue weighted by atomic mass is 10.2. The topological polar surface area (TPSA) is 61.0 Å². The van der Waals surface area contributed by atoms with E-state index in [1.54, 1.807) is 17.7 Å². The van der Waals surface area contributed by atoms with Crippen LogP contribution in [0.5, 0.6) is 11.6 Å². The molecule has 0 spiro atoms. The van der Waals surface area contributed by atoms with E-state index in [0.717, 1.165) is 28.0 Å². The van der Waals surface area contributed by atoms with Crippen molar-refractivity contribution in [3.63, 3.8) is 0 Å². The standard InChI is InChI=1S/C15H15N3OS/c1-2-12-7-13-14(17-9-18-15(13)20-12)19-11-5-3-4-10(6-11)8-16/h3-7,9H,2,8,16H2,1H3. The summed E-state index contributed by atoms with van der Waals surface area (Å²) in [5, 5.41) is 0.965. The van der Waals surface area contributed by atoms with Gasteiger partial charge in [0, 0.05) is 11.4 Å². The summed E-state index contributed by atoms with van der Waals surface area (Å²) in [6.07, 6.45) is 2.53. The van der Waals surface area contributed by atoms with Crippen molar-refractivity contribution in [2.45, 2.75) is 19.9 Å². The number of benzene rings is 1. The number of rotatable bonds is 4. The van der Waals surface area contributed by atoms with E-state index in [0.29, 0.717) is 12.4 Å². The molecule has 0 saturated heterocycles. The minimum Gasteiger partial charge on any atom is -0.438 e. The molecule has 5 heteroatoms. The normalized spacial score (nSPS) is 10.9. The molecule has 3 aromatic rings. The Hall–Kier alpha value is -1.98. The van der Waals surface area contributed by atoms with Crippen molar-refractivity contribution >= 4 is 21.6 Å². The van der Waals surface area contributed by atoms with E-state index in [4.69, 9.17) is 10.5 Å². The summed E-state index contributed by atoms with van der Waals surface area (Å²) in [5.74, 6) is 1.34. The van der Waals surface area contributed by atoms with E-state index < -0.39 is 0 Å². The quantitative estimate of drug-likeness (QED) is 0.797. The first-order chi connectivity index (χ1) is 9.80. The molecule has 1 aromatic carbocycles. The number of aromatic nitrogens is 2. The molecule has 0 atom stereocenters. The Morgan fingerprint density at radius 2 is 2.15 bits per heavy atom. The molecule has 2 aromatic heterocycles. The molecule has 0 saturated carbocycles. The van der Waals surface area contributed by atoms with Crippen LogP contribution < -0.4 is 10.5 Å². The molecule has 20 heavy (non-hydrogen) atoms. The van der Waals surface area contributed by atoms with Crippen molar-refractivity contribution in [1.82, 2.24) is 9.97 Å². The van der Waals surface area contributed by atoms with Crippen molar-refractivity contribution in [1.29, 1.82) is 0 Å². The van der Waals surface area contributed by atoms with Gasteiger partial charge in [-0.25, -0.2) is 9.97 Å². The molecule has 0 aliphatic rings. The Morgan fingerprint density at radius 1 is 1.25 bits per heavy atom. The summed E-state index contributed by atoms with van der Waals surface area (Å²) in [4.78, 5) is 10.8. The van der Waals surface area contributed by atoms with E-state index in [1.165, 1.54) is 4.88 Å². The van der Waals surface area contributed by atoms with Gasteiger partial charge < -0.3 is 10.5 Å². The first-order valence-corrected chi connectivity index (χ1v) is 7.32. The van der Waals surface area contributed by atoms with Crippen molar-refractivity contribution in [2.24, 2.45) is 5.73 Å². The predicted molar refractivity (Wildman–Crippen MR) is 81.2 cm³/mol. The van der Waals surface area contributed by atoms with Crippen LogP contribution >= 0.6 is 11.3 Å². The van der Waals surface area contributed by atoms with E-state index in [9.17, 15) is 0 Å². The van der Waals surface area contributed by atoms with Gasteiger partial charge in [0.15, 0.2) is 0 Å². The SMILES string of the molecule is CCc1cc2c(Oc3cccc(CN)c3)ncnc2s1. The summed E-state index contributed by atoms with van der Waals surface area (Å²) in [7, 11) is 0. The second-order valence-electron chi connectivity index (χ2n) is 4.42. The van der Waals surface area contributed by atoms with Crippen LogP contribution in [0.15, 0.2) is 36.7 Å². The molecule has 0 aliphatic carbocycles. The molecule has 2 N–H and O–H groups in total. The van der Waals surface area contributed by atoms with Crippen LogP contribution in [0.25, 0.3) is 10.2 Å². The monoisotopic (exact) mass is 285 g/mol. The first kappa shape index (κ1) is 13.0. The fourth-order valence-electron chi connectivity index (χ4n) is 1.99. The minimum atomic E-state index is 0.495. The molecule has 0 bridgehead atoms. The van der Waals surface area contributed by atoms with E-state index in [2.05, 4.69) is 23.0 Å². The fraction of sp³-hybridized carbons (Fsp3) is 0.200. The van der Waals surface area contributed by atoms with Crippen LogP contribution in [0, 0.1) is 0 Å². The lowest BCUT2D eigenvalue weighted by Gasteiger charge is -2.06. The van der Waals surface area contributed by atoms with Gasteiger partial charge in [-0.1, -0.05) is 19.1 Å². The maximum Gasteiger partial charge on any atom is 0.231 e. The van der Waals surface area contributed by atoms with Gasteiger partial charge in [0.25, 0.3) is 0 Å². The molecule has 0 aliphatic heterocycles. The minimum absolute atomic E-state index is 0.495. The highest BCUT2D eigenvalue weighted by Gasteiger charge is 2.10. The maximum atomic E-state index is 5.89. The summed E-state index contributed by atoms with van der Waals surface area (Å²) in [6.45, 7) is 2.62. The smallest absolute Gasteiger partial charge is 0.231 e. The summed E-state index contributed by atoms with van der Waals surface area (Å²) in [6, 6.07) is 9.84. The van der Waals surface area contributed by atoms with Gasteiger partial charge in [0.2, 0.25) is 5.88 Å². The zero-order valence-electron chi connectivity index (χ0n) is 11.2. The summed E-state index contributed by atoms with van der Waals surface area (Å²) in [5.41, 5.74) is 6.68. The summed E-state index contributed by atoms with van der Waals surface area (Å²) >= 11 is 1.68. The third-order valence-corrected chi connectivity index (χ3v) is 4.23. The molecule has 0 amide bonds. The molecule has 4 nitrogen and oxygen atoms in total. The number of hydrogen-bond acceptors (Lipinski definition) is 5. The summed E-state index contributed by atoms with van der Waals surface area (Å²) < 4.78 is 5.89. The average Bonchev–Trinajstić information content (AvgIpc) is 2.92. The Labute approximate surface area is 121 Å². The van der Waals surface area contributed by atoms with Gasteiger partial charge in [-0.2, -0.15) is 0 Å². The van der Waals surface area contributed by atoms with Crippen molar-refractivity contribution in [3.05, 3.63) is 47.1 Å². The molecule has 0 unspecified atom stereocenters. The van der Waals surface area contributed by atoms with Crippen molar-refractivity contribution < 1.29 is 4.74 Å². The molecule has 102 valence electrons. The first-order valence-electron chi connectivity index (χ1n) is 6.50. The number of nitrogens with two attached hydrogens (primary N) is 1.